The molecule has 1 N–H and O–H groups in total. The van der Waals surface area contributed by atoms with E-state index in [0.29, 0.717) is 5.92 Å². The number of likely N-dealkylation sites (tertiary alicyclic amines) is 1. The molecule has 1 aliphatic carbocycles. The van der Waals surface area contributed by atoms with Crippen LogP contribution in [0.4, 0.5) is 0 Å². The summed E-state index contributed by atoms with van der Waals surface area (Å²) in [6, 6.07) is 0.280. The van der Waals surface area contributed by atoms with Gasteiger partial charge in [0.25, 0.3) is 0 Å². The monoisotopic (exact) mass is 281 g/mol. The van der Waals surface area contributed by atoms with Crippen LogP contribution in [0.3, 0.4) is 0 Å². The van der Waals surface area contributed by atoms with Crippen LogP contribution < -0.4 is 0 Å². The summed E-state index contributed by atoms with van der Waals surface area (Å²) in [6.45, 7) is 9.13. The third-order valence-electron chi connectivity index (χ3n) is 5.62. The molecule has 0 aromatic heterocycles. The van der Waals surface area contributed by atoms with Crippen molar-refractivity contribution in [2.24, 2.45) is 23.7 Å². The number of rotatable bonds is 3. The average molecular weight is 281 g/mol. The van der Waals surface area contributed by atoms with Gasteiger partial charge in [-0.05, 0) is 69.4 Å². The van der Waals surface area contributed by atoms with Crippen molar-refractivity contribution >= 4 is 5.97 Å². The predicted molar refractivity (Wildman–Crippen MR) is 81.7 cm³/mol. The topological polar surface area (TPSA) is 40.5 Å². The molecular weight excluding hydrogens is 250 g/mol. The molecule has 0 aromatic rings. The fourth-order valence-electron chi connectivity index (χ4n) is 4.19. The first-order valence-corrected chi connectivity index (χ1v) is 8.46. The van der Waals surface area contributed by atoms with E-state index in [1.54, 1.807) is 0 Å². The predicted octanol–water partition coefficient (Wildman–Crippen LogP) is 3.63. The van der Waals surface area contributed by atoms with Gasteiger partial charge >= 0.3 is 5.97 Å². The van der Waals surface area contributed by atoms with E-state index in [2.05, 4.69) is 25.7 Å². The summed E-state index contributed by atoms with van der Waals surface area (Å²) in [5.41, 5.74) is 0. The summed E-state index contributed by atoms with van der Waals surface area (Å²) < 4.78 is 0. The molecule has 2 rings (SSSR count). The maximum Gasteiger partial charge on any atom is 0.308 e. The molecule has 3 heteroatoms. The number of carbonyl (C=O) groups is 1. The fourth-order valence-corrected chi connectivity index (χ4v) is 4.19. The van der Waals surface area contributed by atoms with Gasteiger partial charge in [-0.3, -0.25) is 9.69 Å². The van der Waals surface area contributed by atoms with E-state index < -0.39 is 5.97 Å². The third kappa shape index (κ3) is 3.75. The Balaban J connectivity index is 2.02. The van der Waals surface area contributed by atoms with E-state index in [9.17, 15) is 9.90 Å². The van der Waals surface area contributed by atoms with Gasteiger partial charge in [-0.1, -0.05) is 20.8 Å². The van der Waals surface area contributed by atoms with Gasteiger partial charge in [0.2, 0.25) is 0 Å². The Hall–Kier alpha value is -0.570. The lowest BCUT2D eigenvalue weighted by atomic mass is 9.78. The van der Waals surface area contributed by atoms with Crippen LogP contribution in [0, 0.1) is 23.7 Å². The summed E-state index contributed by atoms with van der Waals surface area (Å²) >= 11 is 0. The molecule has 1 saturated carbocycles. The third-order valence-corrected chi connectivity index (χ3v) is 5.62. The van der Waals surface area contributed by atoms with Gasteiger partial charge in [0, 0.05) is 6.04 Å². The van der Waals surface area contributed by atoms with Gasteiger partial charge < -0.3 is 5.11 Å². The Bertz CT molecular complexity index is 329. The lowest BCUT2D eigenvalue weighted by molar-refractivity contribution is -0.146. The Morgan fingerprint density at radius 2 is 1.90 bits per heavy atom. The first-order valence-electron chi connectivity index (χ1n) is 8.46. The van der Waals surface area contributed by atoms with Crippen molar-refractivity contribution in [1.82, 2.24) is 4.90 Å². The summed E-state index contributed by atoms with van der Waals surface area (Å²) in [7, 11) is 0. The van der Waals surface area contributed by atoms with Crippen molar-refractivity contribution in [2.75, 3.05) is 13.1 Å². The number of aliphatic carboxylic acids is 1. The van der Waals surface area contributed by atoms with Crippen molar-refractivity contribution in [3.05, 3.63) is 0 Å². The Kier molecular flexibility index (Phi) is 5.48. The highest BCUT2D eigenvalue weighted by atomic mass is 16.4. The molecule has 1 aliphatic heterocycles. The zero-order chi connectivity index (χ0) is 14.7. The second-order valence-corrected chi connectivity index (χ2v) is 7.40. The number of carboxylic acids is 1. The molecule has 0 aromatic carbocycles. The van der Waals surface area contributed by atoms with E-state index in [4.69, 9.17) is 0 Å². The zero-order valence-electron chi connectivity index (χ0n) is 13.3. The highest BCUT2D eigenvalue weighted by molar-refractivity contribution is 5.71. The van der Waals surface area contributed by atoms with Gasteiger partial charge in [-0.25, -0.2) is 0 Å². The number of nitrogens with zero attached hydrogens (tertiary/aromatic N) is 1. The molecule has 4 unspecified atom stereocenters. The molecule has 0 radical (unpaired) electrons. The van der Waals surface area contributed by atoms with Crippen LogP contribution in [0.15, 0.2) is 0 Å². The molecule has 1 heterocycles. The van der Waals surface area contributed by atoms with Gasteiger partial charge in [0.1, 0.15) is 0 Å². The van der Waals surface area contributed by atoms with E-state index in [0.717, 1.165) is 44.2 Å². The Labute approximate surface area is 123 Å². The first kappa shape index (κ1) is 15.8. The molecule has 2 fully saturated rings. The van der Waals surface area contributed by atoms with Crippen LogP contribution in [0.1, 0.15) is 59.3 Å². The molecule has 116 valence electrons. The minimum absolute atomic E-state index is 0.137. The van der Waals surface area contributed by atoms with Crippen molar-refractivity contribution < 1.29 is 9.90 Å². The van der Waals surface area contributed by atoms with E-state index >= 15 is 0 Å². The minimum atomic E-state index is -0.577. The van der Waals surface area contributed by atoms with E-state index in [-0.39, 0.29) is 12.0 Å². The molecule has 0 amide bonds. The Morgan fingerprint density at radius 3 is 2.55 bits per heavy atom. The minimum Gasteiger partial charge on any atom is -0.481 e. The van der Waals surface area contributed by atoms with Gasteiger partial charge in [0.05, 0.1) is 5.92 Å². The molecule has 1 saturated heterocycles. The van der Waals surface area contributed by atoms with Crippen molar-refractivity contribution in [2.45, 2.75) is 65.3 Å². The number of hydrogen-bond acceptors (Lipinski definition) is 2. The quantitative estimate of drug-likeness (QED) is 0.858. The van der Waals surface area contributed by atoms with Gasteiger partial charge in [-0.2, -0.15) is 0 Å². The lowest BCUT2D eigenvalue weighted by Crippen LogP contribution is -2.47. The number of carboxylic acid groups (broad SMARTS) is 1. The molecular formula is C17H31NO2. The summed E-state index contributed by atoms with van der Waals surface area (Å²) in [6.07, 6.45) is 6.81. The zero-order valence-corrected chi connectivity index (χ0v) is 13.3. The van der Waals surface area contributed by atoms with Gasteiger partial charge in [0.15, 0.2) is 0 Å². The molecule has 0 bridgehead atoms. The normalized spacial score (nSPS) is 36.8. The van der Waals surface area contributed by atoms with Crippen LogP contribution in [0.2, 0.25) is 0 Å². The maximum atomic E-state index is 11.5. The molecule has 20 heavy (non-hydrogen) atoms. The second-order valence-electron chi connectivity index (χ2n) is 7.40. The SMILES string of the molecule is CC1CCC(C(=O)O)C(N2CCCC(C(C)C)CC2)C1. The summed E-state index contributed by atoms with van der Waals surface area (Å²) in [4.78, 5) is 14.1. The standard InChI is InChI=1S/C17H31NO2/c1-12(2)14-5-4-9-18(10-8-14)16-11-13(3)6-7-15(16)17(19)20/h12-16H,4-11H2,1-3H3,(H,19,20). The summed E-state index contributed by atoms with van der Waals surface area (Å²) in [5, 5.41) is 9.51. The smallest absolute Gasteiger partial charge is 0.308 e. The lowest BCUT2D eigenvalue weighted by Gasteiger charge is -2.40. The first-order chi connectivity index (χ1) is 9.49. The van der Waals surface area contributed by atoms with Crippen LogP contribution >= 0.6 is 0 Å². The number of hydrogen-bond donors (Lipinski definition) is 1. The average Bonchev–Trinajstić information content (AvgIpc) is 2.63. The fraction of sp³-hybridized carbons (Fsp3) is 0.941. The van der Waals surface area contributed by atoms with E-state index in [1.165, 1.54) is 19.3 Å². The highest BCUT2D eigenvalue weighted by Crippen LogP contribution is 2.35. The van der Waals surface area contributed by atoms with E-state index in [1.807, 2.05) is 0 Å². The molecule has 2 aliphatic rings. The van der Waals surface area contributed by atoms with Crippen molar-refractivity contribution in [3.8, 4) is 0 Å². The van der Waals surface area contributed by atoms with Gasteiger partial charge in [-0.15, -0.1) is 0 Å². The molecule has 0 spiro atoms. The molecule has 3 nitrogen and oxygen atoms in total. The highest BCUT2D eigenvalue weighted by Gasteiger charge is 2.37. The second kappa shape index (κ2) is 6.93. The Morgan fingerprint density at radius 1 is 1.15 bits per heavy atom. The maximum absolute atomic E-state index is 11.5. The van der Waals surface area contributed by atoms with Crippen molar-refractivity contribution in [3.63, 3.8) is 0 Å². The largest absolute Gasteiger partial charge is 0.481 e. The van der Waals surface area contributed by atoms with Crippen LogP contribution in [0.5, 0.6) is 0 Å². The van der Waals surface area contributed by atoms with Crippen LogP contribution in [-0.4, -0.2) is 35.1 Å². The summed E-state index contributed by atoms with van der Waals surface area (Å²) in [5.74, 6) is 1.55. The van der Waals surface area contributed by atoms with Crippen LogP contribution in [-0.2, 0) is 4.79 Å². The van der Waals surface area contributed by atoms with Crippen LogP contribution in [0.25, 0.3) is 0 Å². The van der Waals surface area contributed by atoms with Crippen molar-refractivity contribution in [1.29, 1.82) is 0 Å². The molecule has 4 atom stereocenters.